The summed E-state index contributed by atoms with van der Waals surface area (Å²) in [5.41, 5.74) is 0.310. The van der Waals surface area contributed by atoms with E-state index in [9.17, 15) is 0 Å². The van der Waals surface area contributed by atoms with Crippen LogP contribution in [0.2, 0.25) is 0 Å². The fraction of sp³-hybridized carbons (Fsp3) is 1.00. The summed E-state index contributed by atoms with van der Waals surface area (Å²) in [5, 5.41) is 9.11. The third kappa shape index (κ3) is 5.61. The predicted molar refractivity (Wildman–Crippen MR) is 62.5 cm³/mol. The minimum absolute atomic E-state index is 0.139. The fourth-order valence-electron chi connectivity index (χ4n) is 1.36. The SMILES string of the molecule is CCC(C)(C)N(C)CCCCC(C)O. The van der Waals surface area contributed by atoms with E-state index in [2.05, 4.69) is 32.7 Å². The summed E-state index contributed by atoms with van der Waals surface area (Å²) in [6, 6.07) is 0. The smallest absolute Gasteiger partial charge is 0.0512 e. The maximum absolute atomic E-state index is 9.11. The van der Waals surface area contributed by atoms with Crippen LogP contribution in [0.1, 0.15) is 53.4 Å². The van der Waals surface area contributed by atoms with Gasteiger partial charge in [0.1, 0.15) is 0 Å². The van der Waals surface area contributed by atoms with Gasteiger partial charge < -0.3 is 10.0 Å². The highest BCUT2D eigenvalue weighted by atomic mass is 16.3. The van der Waals surface area contributed by atoms with E-state index in [0.29, 0.717) is 5.54 Å². The Hall–Kier alpha value is -0.0800. The fourth-order valence-corrected chi connectivity index (χ4v) is 1.36. The number of aliphatic hydroxyl groups is 1. The Morgan fingerprint density at radius 3 is 2.29 bits per heavy atom. The molecule has 1 N–H and O–H groups in total. The summed E-state index contributed by atoms with van der Waals surface area (Å²) >= 11 is 0. The number of hydrogen-bond donors (Lipinski definition) is 1. The lowest BCUT2D eigenvalue weighted by Crippen LogP contribution is -2.40. The van der Waals surface area contributed by atoms with Gasteiger partial charge in [0.25, 0.3) is 0 Å². The minimum Gasteiger partial charge on any atom is -0.393 e. The van der Waals surface area contributed by atoms with E-state index in [-0.39, 0.29) is 6.10 Å². The molecular formula is C12H27NO. The first kappa shape index (κ1) is 13.9. The molecule has 0 bridgehead atoms. The molecule has 0 saturated heterocycles. The third-order valence-electron chi connectivity index (χ3n) is 3.26. The molecular weight excluding hydrogens is 174 g/mol. The Bertz CT molecular complexity index is 143. The van der Waals surface area contributed by atoms with Crippen molar-refractivity contribution in [1.82, 2.24) is 4.90 Å². The summed E-state index contributed by atoms with van der Waals surface area (Å²) in [4.78, 5) is 2.41. The Morgan fingerprint density at radius 1 is 1.29 bits per heavy atom. The first-order valence-electron chi connectivity index (χ1n) is 5.79. The molecule has 0 aliphatic heterocycles. The number of unbranched alkanes of at least 4 members (excludes halogenated alkanes) is 1. The van der Waals surface area contributed by atoms with Crippen molar-refractivity contribution in [2.75, 3.05) is 13.6 Å². The molecule has 1 unspecified atom stereocenters. The summed E-state index contributed by atoms with van der Waals surface area (Å²) in [6.07, 6.45) is 4.28. The van der Waals surface area contributed by atoms with Crippen LogP contribution in [-0.2, 0) is 0 Å². The average molecular weight is 201 g/mol. The van der Waals surface area contributed by atoms with Crippen molar-refractivity contribution in [2.24, 2.45) is 0 Å². The molecule has 2 nitrogen and oxygen atoms in total. The number of rotatable bonds is 7. The Kier molecular flexibility index (Phi) is 6.38. The molecule has 0 amide bonds. The molecule has 0 aliphatic carbocycles. The quantitative estimate of drug-likeness (QED) is 0.640. The summed E-state index contributed by atoms with van der Waals surface area (Å²) in [7, 11) is 2.19. The van der Waals surface area contributed by atoms with E-state index in [4.69, 9.17) is 5.11 Å². The zero-order valence-corrected chi connectivity index (χ0v) is 10.5. The Balaban J connectivity index is 3.59. The van der Waals surface area contributed by atoms with E-state index < -0.39 is 0 Å². The van der Waals surface area contributed by atoms with Crippen LogP contribution >= 0.6 is 0 Å². The zero-order valence-electron chi connectivity index (χ0n) is 10.5. The molecule has 0 saturated carbocycles. The Morgan fingerprint density at radius 2 is 1.86 bits per heavy atom. The van der Waals surface area contributed by atoms with Crippen molar-refractivity contribution in [3.8, 4) is 0 Å². The van der Waals surface area contributed by atoms with E-state index in [1.54, 1.807) is 0 Å². The minimum atomic E-state index is -0.139. The second-order valence-corrected chi connectivity index (χ2v) is 4.93. The maximum atomic E-state index is 9.11. The van der Waals surface area contributed by atoms with Crippen LogP contribution in [0.3, 0.4) is 0 Å². The van der Waals surface area contributed by atoms with Gasteiger partial charge in [-0.05, 0) is 60.0 Å². The number of aliphatic hydroxyl groups excluding tert-OH is 1. The highest BCUT2D eigenvalue weighted by Crippen LogP contribution is 2.17. The van der Waals surface area contributed by atoms with Crippen LogP contribution in [0, 0.1) is 0 Å². The van der Waals surface area contributed by atoms with E-state index in [1.165, 1.54) is 12.8 Å². The van der Waals surface area contributed by atoms with Crippen LogP contribution in [0.25, 0.3) is 0 Å². The number of hydrogen-bond acceptors (Lipinski definition) is 2. The van der Waals surface area contributed by atoms with Gasteiger partial charge in [-0.25, -0.2) is 0 Å². The van der Waals surface area contributed by atoms with Gasteiger partial charge in [-0.2, -0.15) is 0 Å². The van der Waals surface area contributed by atoms with Crippen molar-refractivity contribution in [1.29, 1.82) is 0 Å². The van der Waals surface area contributed by atoms with E-state index in [0.717, 1.165) is 19.4 Å². The van der Waals surface area contributed by atoms with Crippen LogP contribution in [0.4, 0.5) is 0 Å². The molecule has 0 rings (SSSR count). The van der Waals surface area contributed by atoms with Crippen LogP contribution in [-0.4, -0.2) is 35.2 Å². The van der Waals surface area contributed by atoms with Gasteiger partial charge in [0, 0.05) is 5.54 Å². The van der Waals surface area contributed by atoms with Crippen molar-refractivity contribution < 1.29 is 5.11 Å². The molecule has 0 aromatic carbocycles. The summed E-state index contributed by atoms with van der Waals surface area (Å²) in [5.74, 6) is 0. The largest absolute Gasteiger partial charge is 0.393 e. The van der Waals surface area contributed by atoms with Crippen molar-refractivity contribution in [2.45, 2.75) is 65.0 Å². The topological polar surface area (TPSA) is 23.5 Å². The molecule has 2 heteroatoms. The monoisotopic (exact) mass is 201 g/mol. The zero-order chi connectivity index (χ0) is 11.2. The second kappa shape index (κ2) is 6.41. The lowest BCUT2D eigenvalue weighted by atomic mass is 9.99. The molecule has 0 heterocycles. The van der Waals surface area contributed by atoms with Gasteiger partial charge in [0.05, 0.1) is 6.10 Å². The van der Waals surface area contributed by atoms with Gasteiger partial charge in [0.15, 0.2) is 0 Å². The van der Waals surface area contributed by atoms with Crippen LogP contribution in [0.15, 0.2) is 0 Å². The molecule has 0 spiro atoms. The highest BCUT2D eigenvalue weighted by Gasteiger charge is 2.19. The van der Waals surface area contributed by atoms with Crippen molar-refractivity contribution in [3.05, 3.63) is 0 Å². The summed E-state index contributed by atoms with van der Waals surface area (Å²) < 4.78 is 0. The molecule has 0 fully saturated rings. The van der Waals surface area contributed by atoms with Gasteiger partial charge in [-0.1, -0.05) is 6.92 Å². The van der Waals surface area contributed by atoms with Gasteiger partial charge in [-0.15, -0.1) is 0 Å². The van der Waals surface area contributed by atoms with Gasteiger partial charge in [-0.3, -0.25) is 0 Å². The van der Waals surface area contributed by atoms with Gasteiger partial charge in [0.2, 0.25) is 0 Å². The van der Waals surface area contributed by atoms with Crippen LogP contribution < -0.4 is 0 Å². The molecule has 0 aromatic heterocycles. The Labute approximate surface area is 89.3 Å². The normalized spacial score (nSPS) is 14.8. The molecule has 0 aliphatic rings. The van der Waals surface area contributed by atoms with Gasteiger partial charge >= 0.3 is 0 Å². The maximum Gasteiger partial charge on any atom is 0.0512 e. The third-order valence-corrected chi connectivity index (χ3v) is 3.26. The van der Waals surface area contributed by atoms with Crippen LogP contribution in [0.5, 0.6) is 0 Å². The van der Waals surface area contributed by atoms with E-state index in [1.807, 2.05) is 6.92 Å². The number of nitrogens with zero attached hydrogens (tertiary/aromatic N) is 1. The van der Waals surface area contributed by atoms with Crippen molar-refractivity contribution in [3.63, 3.8) is 0 Å². The lowest BCUT2D eigenvalue weighted by Gasteiger charge is -2.34. The molecule has 0 aromatic rings. The standard InChI is InChI=1S/C12H27NO/c1-6-12(3,4)13(5)10-8-7-9-11(2)14/h11,14H,6-10H2,1-5H3. The lowest BCUT2D eigenvalue weighted by molar-refractivity contribution is 0.141. The molecule has 1 atom stereocenters. The highest BCUT2D eigenvalue weighted by molar-refractivity contribution is 4.76. The van der Waals surface area contributed by atoms with E-state index >= 15 is 0 Å². The molecule has 86 valence electrons. The van der Waals surface area contributed by atoms with Crippen molar-refractivity contribution >= 4 is 0 Å². The first-order chi connectivity index (χ1) is 6.40. The second-order valence-electron chi connectivity index (χ2n) is 4.93. The first-order valence-corrected chi connectivity index (χ1v) is 5.79. The average Bonchev–Trinajstić information content (AvgIpc) is 2.11. The predicted octanol–water partition coefficient (Wildman–Crippen LogP) is 2.66. The molecule has 14 heavy (non-hydrogen) atoms. The molecule has 0 radical (unpaired) electrons. The summed E-state index contributed by atoms with van der Waals surface area (Å²) in [6.45, 7) is 9.78.